The predicted molar refractivity (Wildman–Crippen MR) is 68.4 cm³/mol. The lowest BCUT2D eigenvalue weighted by atomic mass is 9.81. The second-order valence-corrected chi connectivity index (χ2v) is 5.22. The Bertz CT molecular complexity index is 455. The molecule has 1 amide bonds. The molecule has 90 valence electrons. The van der Waals surface area contributed by atoms with E-state index >= 15 is 0 Å². The Morgan fingerprint density at radius 3 is 2.76 bits per heavy atom. The van der Waals surface area contributed by atoms with Gasteiger partial charge in [-0.05, 0) is 49.5 Å². The van der Waals surface area contributed by atoms with Crippen LogP contribution in [0.5, 0.6) is 0 Å². The third kappa shape index (κ3) is 1.94. The smallest absolute Gasteiger partial charge is 0.232 e. The molecule has 1 atom stereocenters. The van der Waals surface area contributed by atoms with Crippen LogP contribution in [0, 0.1) is 5.92 Å². The van der Waals surface area contributed by atoms with Gasteiger partial charge in [-0.3, -0.25) is 4.79 Å². The van der Waals surface area contributed by atoms with Crippen LogP contribution in [-0.4, -0.2) is 19.0 Å². The van der Waals surface area contributed by atoms with Crippen LogP contribution in [0.4, 0.5) is 5.69 Å². The van der Waals surface area contributed by atoms with Gasteiger partial charge >= 0.3 is 0 Å². The minimum Gasteiger partial charge on any atom is -0.325 e. The van der Waals surface area contributed by atoms with Crippen molar-refractivity contribution in [2.45, 2.75) is 18.8 Å². The maximum Gasteiger partial charge on any atom is 0.232 e. The Morgan fingerprint density at radius 2 is 2.00 bits per heavy atom. The summed E-state index contributed by atoms with van der Waals surface area (Å²) in [5.41, 5.74) is 2.01. The summed E-state index contributed by atoms with van der Waals surface area (Å²) >= 11 is 5.94. The van der Waals surface area contributed by atoms with Gasteiger partial charge in [0, 0.05) is 10.7 Å². The number of piperidine rings is 1. The van der Waals surface area contributed by atoms with Gasteiger partial charge in [-0.25, -0.2) is 0 Å². The Hall–Kier alpha value is -1.06. The highest BCUT2D eigenvalue weighted by Gasteiger charge is 2.37. The fourth-order valence-electron chi connectivity index (χ4n) is 2.91. The van der Waals surface area contributed by atoms with Crippen LogP contribution in [0.15, 0.2) is 18.2 Å². The van der Waals surface area contributed by atoms with Gasteiger partial charge in [-0.15, -0.1) is 0 Å². The Morgan fingerprint density at radius 1 is 1.24 bits per heavy atom. The van der Waals surface area contributed by atoms with Gasteiger partial charge < -0.3 is 10.6 Å². The van der Waals surface area contributed by atoms with Crippen molar-refractivity contribution in [1.82, 2.24) is 5.32 Å². The molecule has 3 rings (SSSR count). The molecule has 1 saturated heterocycles. The van der Waals surface area contributed by atoms with Gasteiger partial charge in [0.05, 0.1) is 5.92 Å². The highest BCUT2D eigenvalue weighted by Crippen LogP contribution is 2.41. The molecule has 0 bridgehead atoms. The van der Waals surface area contributed by atoms with Gasteiger partial charge in [-0.2, -0.15) is 0 Å². The monoisotopic (exact) mass is 250 g/mol. The minimum atomic E-state index is 0.0179. The number of rotatable bonds is 1. The average Bonchev–Trinajstić information content (AvgIpc) is 2.65. The molecule has 2 N–H and O–H groups in total. The molecule has 0 spiro atoms. The summed E-state index contributed by atoms with van der Waals surface area (Å²) in [6.07, 6.45) is 2.14. The number of hydrogen-bond acceptors (Lipinski definition) is 2. The van der Waals surface area contributed by atoms with Crippen molar-refractivity contribution < 1.29 is 4.79 Å². The molecule has 4 heteroatoms. The van der Waals surface area contributed by atoms with Gasteiger partial charge in [-0.1, -0.05) is 17.7 Å². The summed E-state index contributed by atoms with van der Waals surface area (Å²) < 4.78 is 0. The van der Waals surface area contributed by atoms with E-state index in [1.54, 1.807) is 0 Å². The van der Waals surface area contributed by atoms with Gasteiger partial charge in [0.1, 0.15) is 0 Å². The zero-order chi connectivity index (χ0) is 11.8. The minimum absolute atomic E-state index is 0.0179. The Kier molecular flexibility index (Phi) is 2.81. The molecular weight excluding hydrogens is 236 g/mol. The zero-order valence-electron chi connectivity index (χ0n) is 9.50. The number of halogens is 1. The first-order valence-corrected chi connectivity index (χ1v) is 6.44. The largest absolute Gasteiger partial charge is 0.325 e. The van der Waals surface area contributed by atoms with E-state index in [9.17, 15) is 4.79 Å². The Labute approximate surface area is 106 Å². The first-order valence-electron chi connectivity index (χ1n) is 6.07. The second-order valence-electron chi connectivity index (χ2n) is 4.79. The van der Waals surface area contributed by atoms with Crippen molar-refractivity contribution in [2.24, 2.45) is 5.92 Å². The van der Waals surface area contributed by atoms with E-state index in [1.165, 1.54) is 0 Å². The van der Waals surface area contributed by atoms with Gasteiger partial charge in [0.2, 0.25) is 5.91 Å². The van der Waals surface area contributed by atoms with Crippen molar-refractivity contribution in [1.29, 1.82) is 0 Å². The summed E-state index contributed by atoms with van der Waals surface area (Å²) in [5, 5.41) is 6.95. The maximum absolute atomic E-state index is 12.1. The van der Waals surface area contributed by atoms with Crippen molar-refractivity contribution in [3.05, 3.63) is 28.8 Å². The number of nitrogens with one attached hydrogen (secondary N) is 2. The van der Waals surface area contributed by atoms with Crippen molar-refractivity contribution in [3.63, 3.8) is 0 Å². The lowest BCUT2D eigenvalue weighted by molar-refractivity contribution is -0.118. The van der Waals surface area contributed by atoms with E-state index in [0.717, 1.165) is 37.2 Å². The molecule has 0 radical (unpaired) electrons. The second kappa shape index (κ2) is 4.31. The molecule has 2 heterocycles. The summed E-state index contributed by atoms with van der Waals surface area (Å²) in [4.78, 5) is 12.1. The molecule has 1 fully saturated rings. The number of anilines is 1. The molecule has 3 nitrogen and oxygen atoms in total. The summed E-state index contributed by atoms with van der Waals surface area (Å²) in [6, 6.07) is 5.70. The lowest BCUT2D eigenvalue weighted by Crippen LogP contribution is -2.33. The van der Waals surface area contributed by atoms with Gasteiger partial charge in [0.25, 0.3) is 0 Å². The number of hydrogen-bond donors (Lipinski definition) is 2. The van der Waals surface area contributed by atoms with E-state index < -0.39 is 0 Å². The van der Waals surface area contributed by atoms with E-state index in [1.807, 2.05) is 18.2 Å². The van der Waals surface area contributed by atoms with E-state index in [4.69, 9.17) is 11.6 Å². The number of carbonyl (C=O) groups is 1. The summed E-state index contributed by atoms with van der Waals surface area (Å²) in [7, 11) is 0. The van der Waals surface area contributed by atoms with E-state index in [-0.39, 0.29) is 11.8 Å². The summed E-state index contributed by atoms with van der Waals surface area (Å²) in [6.45, 7) is 2.02. The third-order valence-electron chi connectivity index (χ3n) is 3.75. The predicted octanol–water partition coefficient (Wildman–Crippen LogP) is 2.38. The average molecular weight is 251 g/mol. The van der Waals surface area contributed by atoms with Crippen LogP contribution >= 0.6 is 11.6 Å². The van der Waals surface area contributed by atoms with Crippen LogP contribution in [0.1, 0.15) is 24.3 Å². The van der Waals surface area contributed by atoms with Crippen molar-refractivity contribution in [2.75, 3.05) is 18.4 Å². The fraction of sp³-hybridized carbons (Fsp3) is 0.462. The zero-order valence-corrected chi connectivity index (χ0v) is 10.3. The number of benzene rings is 1. The summed E-state index contributed by atoms with van der Waals surface area (Å²) in [5.74, 6) is 0.609. The molecule has 1 aromatic rings. The molecule has 1 aromatic carbocycles. The quantitative estimate of drug-likeness (QED) is 0.804. The topological polar surface area (TPSA) is 41.1 Å². The van der Waals surface area contributed by atoms with E-state index in [2.05, 4.69) is 10.6 Å². The molecule has 0 aliphatic carbocycles. The van der Waals surface area contributed by atoms with Crippen LogP contribution < -0.4 is 10.6 Å². The fourth-order valence-corrected chi connectivity index (χ4v) is 3.08. The standard InChI is InChI=1S/C13H15ClN2O/c14-9-1-2-10-11(7-9)16-13(17)12(10)8-3-5-15-6-4-8/h1-2,7-8,12,15H,3-6H2,(H,16,17)/t12-/m1/s1. The normalized spacial score (nSPS) is 24.5. The van der Waals surface area contributed by atoms with Crippen molar-refractivity contribution in [3.8, 4) is 0 Å². The van der Waals surface area contributed by atoms with Gasteiger partial charge in [0.15, 0.2) is 0 Å². The highest BCUT2D eigenvalue weighted by molar-refractivity contribution is 6.31. The van der Waals surface area contributed by atoms with Crippen LogP contribution in [0.25, 0.3) is 0 Å². The third-order valence-corrected chi connectivity index (χ3v) is 3.98. The molecule has 0 aromatic heterocycles. The maximum atomic E-state index is 12.1. The Balaban J connectivity index is 1.93. The van der Waals surface area contributed by atoms with Crippen LogP contribution in [-0.2, 0) is 4.79 Å². The molecule has 17 heavy (non-hydrogen) atoms. The first-order chi connectivity index (χ1) is 8.25. The van der Waals surface area contributed by atoms with Crippen molar-refractivity contribution >= 4 is 23.2 Å². The number of carbonyl (C=O) groups excluding carboxylic acids is 1. The first kappa shape index (κ1) is 11.1. The molecule has 2 aliphatic rings. The molecule has 2 aliphatic heterocycles. The highest BCUT2D eigenvalue weighted by atomic mass is 35.5. The molecule has 0 saturated carbocycles. The van der Waals surface area contributed by atoms with Crippen LogP contribution in [0.2, 0.25) is 5.02 Å². The lowest BCUT2D eigenvalue weighted by Gasteiger charge is -2.26. The van der Waals surface area contributed by atoms with E-state index in [0.29, 0.717) is 10.9 Å². The molecule has 0 unspecified atom stereocenters. The number of amides is 1. The molecular formula is C13H15ClN2O. The number of fused-ring (bicyclic) bond motifs is 1. The van der Waals surface area contributed by atoms with Crippen LogP contribution in [0.3, 0.4) is 0 Å². The SMILES string of the molecule is O=C1Nc2cc(Cl)ccc2[C@H]1C1CCNCC1.